The molecule has 5 nitrogen and oxygen atoms in total. The topological polar surface area (TPSA) is 90.7 Å². The Balaban J connectivity index is 0.00000193. The number of hydrogen-bond acceptors (Lipinski definition) is 4. The van der Waals surface area contributed by atoms with E-state index in [4.69, 9.17) is 10.1 Å². The van der Waals surface area contributed by atoms with Crippen LogP contribution in [0, 0.1) is 5.82 Å². The number of fused-ring (bicyclic) bond motifs is 1. The molecule has 2 aromatic carbocycles. The summed E-state index contributed by atoms with van der Waals surface area (Å²) in [6, 6.07) is 14.1. The Morgan fingerprint density at radius 1 is 1.16 bits per heavy atom. The first-order valence-corrected chi connectivity index (χ1v) is 10.4. The normalized spacial score (nSPS) is 15.5. The first-order valence-electron chi connectivity index (χ1n) is 10.4. The van der Waals surface area contributed by atoms with Crippen molar-refractivity contribution in [2.24, 2.45) is 0 Å². The maximum absolute atomic E-state index is 13.6. The minimum absolute atomic E-state index is 0. The zero-order valence-electron chi connectivity index (χ0n) is 19.6. The first-order chi connectivity index (χ1) is 14.9. The SMILES string of the molecule is O=C(O)C[C@H](O)C[C@H](O)/C=C/c1c(C2CC2)nc2ccccc2c1-c1ccc(F)cc1.[H-].[H-].[Mg+2]. The molecule has 1 fully saturated rings. The molecule has 1 aromatic heterocycles. The zero-order valence-corrected chi connectivity index (χ0v) is 19.0. The summed E-state index contributed by atoms with van der Waals surface area (Å²) < 4.78 is 13.6. The average molecular weight is 448 g/mol. The van der Waals surface area contributed by atoms with E-state index < -0.39 is 24.6 Å². The monoisotopic (exact) mass is 447 g/mol. The van der Waals surface area contributed by atoms with Crippen molar-refractivity contribution in [2.75, 3.05) is 0 Å². The molecule has 0 radical (unpaired) electrons. The second-order valence-corrected chi connectivity index (χ2v) is 8.00. The van der Waals surface area contributed by atoms with Gasteiger partial charge in [0.05, 0.1) is 29.8 Å². The van der Waals surface area contributed by atoms with Gasteiger partial charge in [-0.05, 0) is 36.6 Å². The number of carboxylic acids is 1. The van der Waals surface area contributed by atoms with Crippen LogP contribution in [0.5, 0.6) is 0 Å². The van der Waals surface area contributed by atoms with Crippen LogP contribution in [0.4, 0.5) is 4.39 Å². The number of halogens is 1. The molecule has 0 saturated heterocycles. The number of carbonyl (C=O) groups is 1. The molecular weight excluding hydrogens is 422 g/mol. The number of carboxylic acid groups (broad SMARTS) is 1. The van der Waals surface area contributed by atoms with Crippen molar-refractivity contribution < 1.29 is 27.4 Å². The number of hydrogen-bond donors (Lipinski definition) is 3. The smallest absolute Gasteiger partial charge is 1.00 e. The molecule has 0 aliphatic heterocycles. The van der Waals surface area contributed by atoms with Crippen LogP contribution >= 0.6 is 0 Å². The number of benzene rings is 2. The van der Waals surface area contributed by atoms with E-state index in [1.165, 1.54) is 12.1 Å². The Morgan fingerprint density at radius 2 is 1.84 bits per heavy atom. The van der Waals surface area contributed by atoms with Crippen LogP contribution < -0.4 is 0 Å². The molecule has 2 atom stereocenters. The summed E-state index contributed by atoms with van der Waals surface area (Å²) in [5, 5.41) is 29.9. The summed E-state index contributed by atoms with van der Waals surface area (Å²) in [4.78, 5) is 15.6. The number of pyridine rings is 1. The van der Waals surface area contributed by atoms with E-state index in [1.807, 2.05) is 24.3 Å². The van der Waals surface area contributed by atoms with Crippen molar-refractivity contribution in [1.29, 1.82) is 0 Å². The van der Waals surface area contributed by atoms with Gasteiger partial charge in [0.25, 0.3) is 0 Å². The summed E-state index contributed by atoms with van der Waals surface area (Å²) in [6.45, 7) is 0. The Kier molecular flexibility index (Phi) is 8.00. The van der Waals surface area contributed by atoms with Gasteiger partial charge in [0.2, 0.25) is 0 Å². The van der Waals surface area contributed by atoms with Crippen molar-refractivity contribution in [3.63, 3.8) is 0 Å². The van der Waals surface area contributed by atoms with E-state index in [-0.39, 0.29) is 38.1 Å². The molecule has 1 heterocycles. The van der Waals surface area contributed by atoms with E-state index in [2.05, 4.69) is 0 Å². The number of para-hydroxylation sites is 1. The third kappa shape index (κ3) is 5.72. The summed E-state index contributed by atoms with van der Waals surface area (Å²) in [5.74, 6) is -1.10. The van der Waals surface area contributed by atoms with Gasteiger partial charge >= 0.3 is 29.0 Å². The van der Waals surface area contributed by atoms with Crippen LogP contribution in [0.25, 0.3) is 28.1 Å². The molecule has 0 unspecified atom stereocenters. The van der Waals surface area contributed by atoms with Crippen LogP contribution in [-0.4, -0.2) is 61.5 Å². The van der Waals surface area contributed by atoms with E-state index in [1.54, 1.807) is 24.3 Å². The Hall–Kier alpha value is -2.32. The molecule has 1 aliphatic rings. The van der Waals surface area contributed by atoms with Gasteiger partial charge in [-0.15, -0.1) is 0 Å². The molecule has 32 heavy (non-hydrogen) atoms. The number of rotatable bonds is 8. The fourth-order valence-corrected chi connectivity index (χ4v) is 3.86. The molecule has 0 bridgehead atoms. The molecule has 3 N–H and O–H groups in total. The van der Waals surface area contributed by atoms with E-state index in [0.29, 0.717) is 5.92 Å². The Labute approximate surface area is 204 Å². The van der Waals surface area contributed by atoms with Gasteiger partial charge < -0.3 is 18.2 Å². The van der Waals surface area contributed by atoms with Crippen molar-refractivity contribution in [3.05, 3.63) is 71.7 Å². The number of aliphatic carboxylic acids is 1. The van der Waals surface area contributed by atoms with Gasteiger partial charge in [-0.2, -0.15) is 0 Å². The molecule has 4 rings (SSSR count). The summed E-state index contributed by atoms with van der Waals surface area (Å²) in [7, 11) is 0. The third-order valence-corrected chi connectivity index (χ3v) is 5.47. The van der Waals surface area contributed by atoms with E-state index >= 15 is 0 Å². The van der Waals surface area contributed by atoms with E-state index in [9.17, 15) is 19.4 Å². The number of nitrogens with zero attached hydrogens (tertiary/aromatic N) is 1. The van der Waals surface area contributed by atoms with Crippen LogP contribution in [0.1, 0.15) is 45.7 Å². The average Bonchev–Trinajstić information content (AvgIpc) is 3.56. The van der Waals surface area contributed by atoms with Crippen molar-refractivity contribution in [1.82, 2.24) is 4.98 Å². The quantitative estimate of drug-likeness (QED) is 0.446. The minimum atomic E-state index is -1.13. The van der Waals surface area contributed by atoms with Gasteiger partial charge in [0.15, 0.2) is 0 Å². The maximum Gasteiger partial charge on any atom is 2.00 e. The standard InChI is InChI=1S/C25H24FNO4.Mg.2H/c26-17-9-7-15(8-10-17)24-20-3-1-2-4-22(20)27-25(16-5-6-16)21(24)12-11-18(28)13-19(29)14-23(30)31;;;/h1-4,7-12,16,18-19,28-29H,5-6,13-14H2,(H,30,31);;;/q;+2;2*-1/b12-11+;;;/t18-,19-;;;/m1.../s1. The van der Waals surface area contributed by atoms with Gasteiger partial charge in [-0.3, -0.25) is 9.78 Å². The molecule has 0 amide bonds. The number of aliphatic hydroxyl groups is 2. The fourth-order valence-electron chi connectivity index (χ4n) is 3.86. The summed E-state index contributed by atoms with van der Waals surface area (Å²) >= 11 is 0. The zero-order chi connectivity index (χ0) is 22.0. The molecule has 1 saturated carbocycles. The number of aliphatic hydroxyl groups excluding tert-OH is 2. The predicted octanol–water partition coefficient (Wildman–Crippen LogP) is 4.36. The van der Waals surface area contributed by atoms with Gasteiger partial charge in [-0.1, -0.05) is 42.5 Å². The maximum atomic E-state index is 13.6. The minimum Gasteiger partial charge on any atom is -1.00 e. The molecule has 164 valence electrons. The van der Waals surface area contributed by atoms with E-state index in [0.717, 1.165) is 46.1 Å². The third-order valence-electron chi connectivity index (χ3n) is 5.47. The van der Waals surface area contributed by atoms with Crippen molar-refractivity contribution in [3.8, 4) is 11.1 Å². The van der Waals surface area contributed by atoms with Crippen LogP contribution in [-0.2, 0) is 4.79 Å². The van der Waals surface area contributed by atoms with Crippen LogP contribution in [0.2, 0.25) is 0 Å². The fraction of sp³-hybridized carbons (Fsp3) is 0.280. The second-order valence-electron chi connectivity index (χ2n) is 8.00. The first kappa shape index (κ1) is 24.3. The molecule has 3 aromatic rings. The van der Waals surface area contributed by atoms with Gasteiger partial charge in [-0.25, -0.2) is 4.39 Å². The van der Waals surface area contributed by atoms with Crippen molar-refractivity contribution in [2.45, 2.75) is 43.8 Å². The predicted molar refractivity (Wildman–Crippen MR) is 125 cm³/mol. The summed E-state index contributed by atoms with van der Waals surface area (Å²) in [5.41, 5.74) is 4.43. The summed E-state index contributed by atoms with van der Waals surface area (Å²) in [6.07, 6.45) is 2.80. The number of aromatic nitrogens is 1. The van der Waals surface area contributed by atoms with Gasteiger partial charge in [0.1, 0.15) is 5.82 Å². The Morgan fingerprint density at radius 3 is 2.50 bits per heavy atom. The van der Waals surface area contributed by atoms with Gasteiger partial charge in [0, 0.05) is 28.9 Å². The molecule has 7 heteroatoms. The second kappa shape index (κ2) is 10.5. The van der Waals surface area contributed by atoms with Crippen molar-refractivity contribution >= 4 is 46.0 Å². The van der Waals surface area contributed by atoms with Crippen LogP contribution in [0.15, 0.2) is 54.6 Å². The van der Waals surface area contributed by atoms with Crippen LogP contribution in [0.3, 0.4) is 0 Å². The molecular formula is C25H26FMgNO4. The Bertz CT molecular complexity index is 1140. The largest absolute Gasteiger partial charge is 2.00 e. The molecule has 1 aliphatic carbocycles. The molecule has 0 spiro atoms.